The van der Waals surface area contributed by atoms with Crippen molar-refractivity contribution in [3.8, 4) is 0 Å². The van der Waals surface area contributed by atoms with E-state index in [1.807, 2.05) is 6.07 Å². The van der Waals surface area contributed by atoms with Crippen molar-refractivity contribution in [2.24, 2.45) is 5.73 Å². The van der Waals surface area contributed by atoms with Crippen LogP contribution in [-0.2, 0) is 6.42 Å². The molecular weight excluding hydrogens is 170 g/mol. The van der Waals surface area contributed by atoms with E-state index in [4.69, 9.17) is 5.73 Å². The summed E-state index contributed by atoms with van der Waals surface area (Å²) in [7, 11) is 0. The molecule has 0 amide bonds. The van der Waals surface area contributed by atoms with Gasteiger partial charge in [0.15, 0.2) is 0 Å². The quantitative estimate of drug-likeness (QED) is 0.752. The van der Waals surface area contributed by atoms with Crippen LogP contribution in [0.15, 0.2) is 54.1 Å². The number of rotatable bonds is 2. The minimum Gasteiger partial charge on any atom is -0.324 e. The first-order valence-corrected chi connectivity index (χ1v) is 5.01. The number of hydrogen-bond acceptors (Lipinski definition) is 1. The topological polar surface area (TPSA) is 26.0 Å². The smallest absolute Gasteiger partial charge is 0.0295 e. The number of benzene rings is 1. The molecule has 72 valence electrons. The van der Waals surface area contributed by atoms with Gasteiger partial charge >= 0.3 is 0 Å². The van der Waals surface area contributed by atoms with Crippen molar-refractivity contribution in [3.05, 3.63) is 59.7 Å². The van der Waals surface area contributed by atoms with Gasteiger partial charge in [0.05, 0.1) is 0 Å². The van der Waals surface area contributed by atoms with Crippen LogP contribution in [0.2, 0.25) is 0 Å². The first-order valence-electron chi connectivity index (χ1n) is 5.01. The Hall–Kier alpha value is -1.34. The molecule has 2 rings (SSSR count). The van der Waals surface area contributed by atoms with Crippen molar-refractivity contribution in [1.82, 2.24) is 0 Å². The second-order valence-corrected chi connectivity index (χ2v) is 3.67. The molecule has 14 heavy (non-hydrogen) atoms. The average molecular weight is 185 g/mol. The van der Waals surface area contributed by atoms with Crippen LogP contribution >= 0.6 is 0 Å². The van der Waals surface area contributed by atoms with Crippen LogP contribution in [0, 0.1) is 0 Å². The van der Waals surface area contributed by atoms with Gasteiger partial charge in [-0.05, 0) is 24.0 Å². The van der Waals surface area contributed by atoms with Gasteiger partial charge in [0, 0.05) is 6.04 Å². The van der Waals surface area contributed by atoms with E-state index in [-0.39, 0.29) is 6.04 Å². The SMILES string of the molecule is NC1CC=CC=C1Cc1ccccc1. The molecule has 1 unspecified atom stereocenters. The summed E-state index contributed by atoms with van der Waals surface area (Å²) in [5.74, 6) is 0. The maximum atomic E-state index is 6.01. The Balaban J connectivity index is 2.11. The van der Waals surface area contributed by atoms with E-state index in [0.29, 0.717) is 0 Å². The molecule has 0 fully saturated rings. The summed E-state index contributed by atoms with van der Waals surface area (Å²) in [4.78, 5) is 0. The van der Waals surface area contributed by atoms with E-state index in [1.54, 1.807) is 0 Å². The Morgan fingerprint density at radius 1 is 1.21 bits per heavy atom. The van der Waals surface area contributed by atoms with Crippen LogP contribution in [0.4, 0.5) is 0 Å². The molecule has 1 aromatic rings. The van der Waals surface area contributed by atoms with Crippen LogP contribution < -0.4 is 5.73 Å². The molecule has 1 aliphatic carbocycles. The Kier molecular flexibility index (Phi) is 2.80. The molecule has 0 saturated heterocycles. The summed E-state index contributed by atoms with van der Waals surface area (Å²) in [6, 6.07) is 10.7. The van der Waals surface area contributed by atoms with E-state index >= 15 is 0 Å². The molecule has 1 nitrogen and oxygen atoms in total. The molecule has 0 heterocycles. The van der Waals surface area contributed by atoms with Crippen molar-refractivity contribution >= 4 is 0 Å². The van der Waals surface area contributed by atoms with Crippen molar-refractivity contribution < 1.29 is 0 Å². The minimum atomic E-state index is 0.209. The lowest BCUT2D eigenvalue weighted by Crippen LogP contribution is -2.24. The molecule has 1 heteroatoms. The molecule has 0 saturated carbocycles. The Morgan fingerprint density at radius 2 is 2.00 bits per heavy atom. The molecule has 0 bridgehead atoms. The van der Waals surface area contributed by atoms with Gasteiger partial charge in [-0.15, -0.1) is 0 Å². The van der Waals surface area contributed by atoms with Gasteiger partial charge < -0.3 is 5.73 Å². The molecule has 1 aromatic carbocycles. The van der Waals surface area contributed by atoms with Crippen molar-refractivity contribution in [2.75, 3.05) is 0 Å². The predicted molar refractivity (Wildman–Crippen MR) is 60.0 cm³/mol. The number of allylic oxidation sites excluding steroid dienone is 2. The summed E-state index contributed by atoms with van der Waals surface area (Å²) in [5.41, 5.74) is 8.68. The molecule has 0 aromatic heterocycles. The monoisotopic (exact) mass is 185 g/mol. The normalized spacial score (nSPS) is 20.6. The third-order valence-electron chi connectivity index (χ3n) is 2.56. The van der Waals surface area contributed by atoms with Gasteiger partial charge in [-0.25, -0.2) is 0 Å². The second-order valence-electron chi connectivity index (χ2n) is 3.67. The summed E-state index contributed by atoms with van der Waals surface area (Å²) < 4.78 is 0. The Bertz CT molecular complexity index is 349. The van der Waals surface area contributed by atoms with Gasteiger partial charge in [-0.1, -0.05) is 48.6 Å². The Morgan fingerprint density at radius 3 is 2.71 bits per heavy atom. The van der Waals surface area contributed by atoms with Crippen molar-refractivity contribution in [1.29, 1.82) is 0 Å². The Labute approximate surface area is 84.9 Å². The van der Waals surface area contributed by atoms with E-state index in [2.05, 4.69) is 42.5 Å². The van der Waals surface area contributed by atoms with Gasteiger partial charge in [-0.3, -0.25) is 0 Å². The maximum absolute atomic E-state index is 6.01. The zero-order valence-corrected chi connectivity index (χ0v) is 8.19. The molecular formula is C13H15N. The van der Waals surface area contributed by atoms with Gasteiger partial charge in [-0.2, -0.15) is 0 Å². The molecule has 0 spiro atoms. The third kappa shape index (κ3) is 2.12. The molecule has 1 aliphatic rings. The summed E-state index contributed by atoms with van der Waals surface area (Å²) in [6.07, 6.45) is 8.31. The zero-order valence-electron chi connectivity index (χ0n) is 8.19. The fourth-order valence-corrected chi connectivity index (χ4v) is 1.71. The highest BCUT2D eigenvalue weighted by Crippen LogP contribution is 2.16. The highest BCUT2D eigenvalue weighted by atomic mass is 14.6. The van der Waals surface area contributed by atoms with Crippen LogP contribution in [0.5, 0.6) is 0 Å². The molecule has 0 aliphatic heterocycles. The highest BCUT2D eigenvalue weighted by molar-refractivity contribution is 5.30. The van der Waals surface area contributed by atoms with E-state index in [0.717, 1.165) is 12.8 Å². The summed E-state index contributed by atoms with van der Waals surface area (Å²) >= 11 is 0. The van der Waals surface area contributed by atoms with E-state index in [1.165, 1.54) is 11.1 Å². The molecule has 1 atom stereocenters. The lowest BCUT2D eigenvalue weighted by atomic mass is 9.94. The largest absolute Gasteiger partial charge is 0.324 e. The fourth-order valence-electron chi connectivity index (χ4n) is 1.71. The number of hydrogen-bond donors (Lipinski definition) is 1. The van der Waals surface area contributed by atoms with Crippen LogP contribution in [-0.4, -0.2) is 6.04 Å². The molecule has 0 radical (unpaired) electrons. The summed E-state index contributed by atoms with van der Waals surface area (Å²) in [6.45, 7) is 0. The lowest BCUT2D eigenvalue weighted by Gasteiger charge is -2.17. The highest BCUT2D eigenvalue weighted by Gasteiger charge is 2.10. The molecule has 2 N–H and O–H groups in total. The van der Waals surface area contributed by atoms with Gasteiger partial charge in [0.25, 0.3) is 0 Å². The third-order valence-corrected chi connectivity index (χ3v) is 2.56. The standard InChI is InChI=1S/C13H15N/c14-13-9-5-4-8-12(13)10-11-6-2-1-3-7-11/h1-8,13H,9-10,14H2. The summed E-state index contributed by atoms with van der Waals surface area (Å²) in [5, 5.41) is 0. The zero-order chi connectivity index (χ0) is 9.80. The second kappa shape index (κ2) is 4.25. The fraction of sp³-hybridized carbons (Fsp3) is 0.231. The van der Waals surface area contributed by atoms with Crippen LogP contribution in [0.25, 0.3) is 0 Å². The maximum Gasteiger partial charge on any atom is 0.0295 e. The predicted octanol–water partition coefficient (Wildman–Crippen LogP) is 2.44. The first-order chi connectivity index (χ1) is 6.86. The van der Waals surface area contributed by atoms with Crippen molar-refractivity contribution in [3.63, 3.8) is 0 Å². The van der Waals surface area contributed by atoms with E-state index < -0.39 is 0 Å². The van der Waals surface area contributed by atoms with Gasteiger partial charge in [0.2, 0.25) is 0 Å². The first kappa shape index (κ1) is 9.22. The van der Waals surface area contributed by atoms with Gasteiger partial charge in [0.1, 0.15) is 0 Å². The minimum absolute atomic E-state index is 0.209. The van der Waals surface area contributed by atoms with Crippen molar-refractivity contribution in [2.45, 2.75) is 18.9 Å². The number of nitrogens with two attached hydrogens (primary N) is 1. The lowest BCUT2D eigenvalue weighted by molar-refractivity contribution is 0.749. The van der Waals surface area contributed by atoms with Crippen LogP contribution in [0.1, 0.15) is 12.0 Å². The van der Waals surface area contributed by atoms with E-state index in [9.17, 15) is 0 Å². The average Bonchev–Trinajstić information content (AvgIpc) is 2.23. The van der Waals surface area contributed by atoms with Crippen LogP contribution in [0.3, 0.4) is 0 Å².